The molecule has 1 heterocycles. The Hall–Kier alpha value is -1.64. The van der Waals surface area contributed by atoms with Gasteiger partial charge in [-0.05, 0) is 74.7 Å². The fourth-order valence-electron chi connectivity index (χ4n) is 2.76. The Kier molecular flexibility index (Phi) is 7.31. The van der Waals surface area contributed by atoms with Crippen LogP contribution in [0.5, 0.6) is 0 Å². The van der Waals surface area contributed by atoms with Gasteiger partial charge in [0.25, 0.3) is 0 Å². The van der Waals surface area contributed by atoms with Gasteiger partial charge in [0.2, 0.25) is 0 Å². The van der Waals surface area contributed by atoms with E-state index in [0.717, 1.165) is 36.7 Å². The number of hydrogen-bond donors (Lipinski definition) is 2. The quantitative estimate of drug-likeness (QED) is 0.620. The van der Waals surface area contributed by atoms with E-state index < -0.39 is 0 Å². The number of rotatable bonds is 6. The molecule has 1 aromatic rings. The van der Waals surface area contributed by atoms with Crippen LogP contribution in [0, 0.1) is 17.2 Å². The molecule has 0 unspecified atom stereocenters. The van der Waals surface area contributed by atoms with Crippen LogP contribution in [0.1, 0.15) is 31.7 Å². The van der Waals surface area contributed by atoms with Gasteiger partial charge in [-0.15, -0.1) is 0 Å². The Labute approximate surface area is 144 Å². The van der Waals surface area contributed by atoms with Crippen molar-refractivity contribution in [2.75, 3.05) is 31.5 Å². The van der Waals surface area contributed by atoms with Crippen LogP contribution in [-0.2, 0) is 6.42 Å². The van der Waals surface area contributed by atoms with Crippen LogP contribution >= 0.6 is 12.2 Å². The second-order valence-corrected chi connectivity index (χ2v) is 6.70. The first kappa shape index (κ1) is 17.7. The van der Waals surface area contributed by atoms with E-state index in [-0.39, 0.29) is 0 Å². The third-order valence-corrected chi connectivity index (χ3v) is 4.55. The predicted molar refractivity (Wildman–Crippen MR) is 99.4 cm³/mol. The maximum absolute atomic E-state index is 8.66. The van der Waals surface area contributed by atoms with Gasteiger partial charge in [0.1, 0.15) is 0 Å². The Morgan fingerprint density at radius 1 is 1.30 bits per heavy atom. The van der Waals surface area contributed by atoms with E-state index in [0.29, 0.717) is 11.5 Å². The molecule has 0 bridgehead atoms. The number of nitrogens with zero attached hydrogens (tertiary/aromatic N) is 2. The molecule has 124 valence electrons. The van der Waals surface area contributed by atoms with Crippen molar-refractivity contribution in [2.24, 2.45) is 5.92 Å². The van der Waals surface area contributed by atoms with Crippen LogP contribution in [0.15, 0.2) is 24.3 Å². The minimum absolute atomic E-state index is 0.443. The van der Waals surface area contributed by atoms with Crippen molar-refractivity contribution >= 4 is 23.0 Å². The molecule has 1 fully saturated rings. The summed E-state index contributed by atoms with van der Waals surface area (Å²) >= 11 is 5.32. The molecule has 0 aromatic heterocycles. The predicted octanol–water partition coefficient (Wildman–Crippen LogP) is 3.16. The molecule has 0 spiro atoms. The minimum atomic E-state index is 0.443. The van der Waals surface area contributed by atoms with Gasteiger partial charge in [-0.1, -0.05) is 19.1 Å². The van der Waals surface area contributed by atoms with Crippen molar-refractivity contribution in [1.29, 1.82) is 5.26 Å². The Bertz CT molecular complexity index is 527. The second-order valence-electron chi connectivity index (χ2n) is 6.29. The normalized spacial score (nSPS) is 15.8. The van der Waals surface area contributed by atoms with E-state index in [1.54, 1.807) is 0 Å². The molecule has 1 aromatic carbocycles. The van der Waals surface area contributed by atoms with E-state index in [1.165, 1.54) is 25.9 Å². The van der Waals surface area contributed by atoms with Crippen molar-refractivity contribution in [3.63, 3.8) is 0 Å². The number of benzene rings is 1. The van der Waals surface area contributed by atoms with Gasteiger partial charge >= 0.3 is 0 Å². The van der Waals surface area contributed by atoms with E-state index in [4.69, 9.17) is 17.5 Å². The van der Waals surface area contributed by atoms with Gasteiger partial charge in [-0.3, -0.25) is 0 Å². The van der Waals surface area contributed by atoms with E-state index in [1.807, 2.05) is 24.3 Å². The van der Waals surface area contributed by atoms with Crippen LogP contribution in [-0.4, -0.2) is 36.2 Å². The number of hydrogen-bond acceptors (Lipinski definition) is 3. The van der Waals surface area contributed by atoms with Gasteiger partial charge in [0.05, 0.1) is 12.5 Å². The summed E-state index contributed by atoms with van der Waals surface area (Å²) in [5, 5.41) is 15.8. The lowest BCUT2D eigenvalue weighted by Crippen LogP contribution is -2.36. The molecule has 0 aliphatic carbocycles. The highest BCUT2D eigenvalue weighted by atomic mass is 32.1. The highest BCUT2D eigenvalue weighted by molar-refractivity contribution is 7.80. The summed E-state index contributed by atoms with van der Waals surface area (Å²) in [5.74, 6) is 0.890. The third kappa shape index (κ3) is 6.55. The molecule has 0 atom stereocenters. The maximum atomic E-state index is 8.66. The summed E-state index contributed by atoms with van der Waals surface area (Å²) in [4.78, 5) is 2.55. The number of nitrogens with one attached hydrogen (secondary N) is 2. The summed E-state index contributed by atoms with van der Waals surface area (Å²) < 4.78 is 0. The van der Waals surface area contributed by atoms with Gasteiger partial charge in [-0.2, -0.15) is 5.26 Å². The molecule has 1 aliphatic rings. The molecule has 1 saturated heterocycles. The van der Waals surface area contributed by atoms with Crippen molar-refractivity contribution in [3.8, 4) is 6.07 Å². The largest absolute Gasteiger partial charge is 0.362 e. The summed E-state index contributed by atoms with van der Waals surface area (Å²) in [6.07, 6.45) is 4.21. The van der Waals surface area contributed by atoms with Crippen molar-refractivity contribution in [3.05, 3.63) is 29.8 Å². The lowest BCUT2D eigenvalue weighted by atomic mass is 9.99. The lowest BCUT2D eigenvalue weighted by Gasteiger charge is -2.30. The van der Waals surface area contributed by atoms with Gasteiger partial charge in [0, 0.05) is 12.2 Å². The van der Waals surface area contributed by atoms with Crippen LogP contribution < -0.4 is 10.6 Å². The van der Waals surface area contributed by atoms with Gasteiger partial charge in [0.15, 0.2) is 5.11 Å². The molecule has 0 radical (unpaired) electrons. The molecule has 2 rings (SSSR count). The molecule has 5 heteroatoms. The average molecular weight is 331 g/mol. The van der Waals surface area contributed by atoms with E-state index in [2.05, 4.69) is 28.5 Å². The molecular weight excluding hydrogens is 304 g/mol. The van der Waals surface area contributed by atoms with Gasteiger partial charge < -0.3 is 15.5 Å². The van der Waals surface area contributed by atoms with Crippen molar-refractivity contribution in [1.82, 2.24) is 10.2 Å². The fourth-order valence-corrected chi connectivity index (χ4v) is 2.98. The molecule has 4 nitrogen and oxygen atoms in total. The molecule has 0 saturated carbocycles. The molecule has 2 N–H and O–H groups in total. The molecular formula is C18H26N4S. The Balaban J connectivity index is 1.60. The number of piperidine rings is 1. The van der Waals surface area contributed by atoms with Crippen LogP contribution in [0.25, 0.3) is 0 Å². The molecule has 0 amide bonds. The number of anilines is 1. The summed E-state index contributed by atoms with van der Waals surface area (Å²) in [7, 11) is 0. The molecule has 1 aliphatic heterocycles. The monoisotopic (exact) mass is 330 g/mol. The third-order valence-electron chi connectivity index (χ3n) is 4.31. The average Bonchev–Trinajstić information content (AvgIpc) is 2.55. The number of nitriles is 1. The zero-order valence-electron chi connectivity index (χ0n) is 13.8. The Morgan fingerprint density at radius 3 is 2.65 bits per heavy atom. The zero-order chi connectivity index (χ0) is 16.5. The topological polar surface area (TPSA) is 51.1 Å². The van der Waals surface area contributed by atoms with E-state index >= 15 is 0 Å². The first-order valence-electron chi connectivity index (χ1n) is 8.40. The SMILES string of the molecule is CC1CCN(CCCNC(=S)Nc2ccc(CC#N)cc2)CC1. The summed E-state index contributed by atoms with van der Waals surface area (Å²) in [6.45, 7) is 6.85. The Morgan fingerprint density at radius 2 is 2.00 bits per heavy atom. The second kappa shape index (κ2) is 9.49. The summed E-state index contributed by atoms with van der Waals surface area (Å²) in [6, 6.07) is 9.95. The fraction of sp³-hybridized carbons (Fsp3) is 0.556. The highest BCUT2D eigenvalue weighted by Crippen LogP contribution is 2.15. The zero-order valence-corrected chi connectivity index (χ0v) is 14.7. The minimum Gasteiger partial charge on any atom is -0.362 e. The first-order valence-corrected chi connectivity index (χ1v) is 8.81. The number of thiocarbonyl (C=S) groups is 1. The first-order chi connectivity index (χ1) is 11.2. The highest BCUT2D eigenvalue weighted by Gasteiger charge is 2.14. The smallest absolute Gasteiger partial charge is 0.170 e. The van der Waals surface area contributed by atoms with Crippen molar-refractivity contribution in [2.45, 2.75) is 32.6 Å². The van der Waals surface area contributed by atoms with Crippen LogP contribution in [0.2, 0.25) is 0 Å². The van der Waals surface area contributed by atoms with E-state index in [9.17, 15) is 0 Å². The number of likely N-dealkylation sites (tertiary alicyclic amines) is 1. The standard InChI is InChI=1S/C18H26N4S/c1-15-8-13-22(14-9-15)12-2-11-20-18(23)21-17-5-3-16(4-6-17)7-10-19/h3-6,15H,2,7-9,11-14H2,1H3,(H2,20,21,23). The van der Waals surface area contributed by atoms with Crippen LogP contribution in [0.3, 0.4) is 0 Å². The van der Waals surface area contributed by atoms with Crippen LogP contribution in [0.4, 0.5) is 5.69 Å². The summed E-state index contributed by atoms with van der Waals surface area (Å²) in [5.41, 5.74) is 1.97. The molecule has 23 heavy (non-hydrogen) atoms. The maximum Gasteiger partial charge on any atom is 0.170 e. The lowest BCUT2D eigenvalue weighted by molar-refractivity contribution is 0.191. The van der Waals surface area contributed by atoms with Crippen molar-refractivity contribution < 1.29 is 0 Å². The van der Waals surface area contributed by atoms with Gasteiger partial charge in [-0.25, -0.2) is 0 Å².